The van der Waals surface area contributed by atoms with Crippen LogP contribution in [0.3, 0.4) is 0 Å². The Bertz CT molecular complexity index is 888. The molecule has 0 N–H and O–H groups in total. The van der Waals surface area contributed by atoms with Gasteiger partial charge in [-0.3, -0.25) is 9.59 Å². The van der Waals surface area contributed by atoms with E-state index in [0.717, 1.165) is 24.2 Å². The van der Waals surface area contributed by atoms with E-state index in [2.05, 4.69) is 27.7 Å². The molecule has 2 aliphatic carbocycles. The Kier molecular flexibility index (Phi) is 4.94. The maximum absolute atomic E-state index is 11.6. The van der Waals surface area contributed by atoms with Crippen molar-refractivity contribution in [3.63, 3.8) is 0 Å². The molecule has 2 saturated carbocycles. The van der Waals surface area contributed by atoms with Crippen LogP contribution in [0.25, 0.3) is 0 Å². The van der Waals surface area contributed by atoms with Gasteiger partial charge in [0.15, 0.2) is 11.5 Å². The molecular weight excluding hydrogens is 380 g/mol. The SMILES string of the molecule is CC(=O)Oc1cc2c(cc1OC(C)=O)O[C@]1(C)CC[C@H]3C(C)(C)CCC[C@]3(C)[C@H]1C2. The lowest BCUT2D eigenvalue weighted by Crippen LogP contribution is -2.61. The Morgan fingerprint density at radius 2 is 1.57 bits per heavy atom. The third-order valence-corrected chi connectivity index (χ3v) is 8.14. The Labute approximate surface area is 179 Å². The maximum Gasteiger partial charge on any atom is 0.308 e. The fourth-order valence-corrected chi connectivity index (χ4v) is 6.96. The van der Waals surface area contributed by atoms with Crippen molar-refractivity contribution < 1.29 is 23.8 Å². The number of benzene rings is 1. The van der Waals surface area contributed by atoms with E-state index in [1.54, 1.807) is 6.07 Å². The van der Waals surface area contributed by atoms with Crippen molar-refractivity contribution in [1.29, 1.82) is 0 Å². The van der Waals surface area contributed by atoms with Gasteiger partial charge in [0.25, 0.3) is 0 Å². The number of hydrogen-bond acceptors (Lipinski definition) is 5. The molecule has 4 atom stereocenters. The molecule has 1 heterocycles. The lowest BCUT2D eigenvalue weighted by atomic mass is 9.44. The number of esters is 2. The summed E-state index contributed by atoms with van der Waals surface area (Å²) < 4.78 is 17.3. The van der Waals surface area contributed by atoms with Crippen molar-refractivity contribution in [1.82, 2.24) is 0 Å². The first-order chi connectivity index (χ1) is 13.9. The summed E-state index contributed by atoms with van der Waals surface area (Å²) >= 11 is 0. The Hall–Kier alpha value is -2.04. The van der Waals surface area contributed by atoms with Crippen LogP contribution < -0.4 is 14.2 Å². The van der Waals surface area contributed by atoms with Crippen molar-refractivity contribution in [3.05, 3.63) is 17.7 Å². The predicted molar refractivity (Wildman–Crippen MR) is 114 cm³/mol. The van der Waals surface area contributed by atoms with Crippen LogP contribution in [-0.2, 0) is 16.0 Å². The van der Waals surface area contributed by atoms with Crippen molar-refractivity contribution in [2.24, 2.45) is 22.7 Å². The highest BCUT2D eigenvalue weighted by Crippen LogP contribution is 2.64. The molecule has 2 fully saturated rings. The van der Waals surface area contributed by atoms with Gasteiger partial charge in [0.1, 0.15) is 11.4 Å². The zero-order valence-electron chi connectivity index (χ0n) is 19.1. The normalized spacial score (nSPS) is 33.9. The molecule has 1 aromatic carbocycles. The number of rotatable bonds is 2. The summed E-state index contributed by atoms with van der Waals surface area (Å²) in [5.74, 6) is 1.42. The van der Waals surface area contributed by atoms with Gasteiger partial charge in [-0.25, -0.2) is 0 Å². The van der Waals surface area contributed by atoms with Gasteiger partial charge in [-0.15, -0.1) is 0 Å². The maximum atomic E-state index is 11.6. The van der Waals surface area contributed by atoms with Crippen LogP contribution >= 0.6 is 0 Å². The minimum Gasteiger partial charge on any atom is -0.487 e. The van der Waals surface area contributed by atoms with Gasteiger partial charge >= 0.3 is 11.9 Å². The van der Waals surface area contributed by atoms with E-state index in [1.165, 1.54) is 39.5 Å². The van der Waals surface area contributed by atoms with Crippen LogP contribution in [0.15, 0.2) is 12.1 Å². The van der Waals surface area contributed by atoms with Crippen molar-refractivity contribution in [2.75, 3.05) is 0 Å². The van der Waals surface area contributed by atoms with E-state index in [4.69, 9.17) is 14.2 Å². The second kappa shape index (κ2) is 7.00. The van der Waals surface area contributed by atoms with Gasteiger partial charge in [0.05, 0.1) is 0 Å². The number of carbonyl (C=O) groups is 2. The average molecular weight is 415 g/mol. The average Bonchev–Trinajstić information content (AvgIpc) is 2.59. The van der Waals surface area contributed by atoms with Crippen LogP contribution in [0.4, 0.5) is 0 Å². The summed E-state index contributed by atoms with van der Waals surface area (Å²) in [5.41, 5.74) is 1.33. The molecule has 5 heteroatoms. The minimum absolute atomic E-state index is 0.211. The standard InChI is InChI=1S/C25H34O5/c1-15(26)28-19-12-17-13-22-24(5)10-7-9-23(3,4)21(24)8-11-25(22,6)30-18(17)14-20(19)29-16(2)27/h12,14,21-22H,7-11,13H2,1-6H3/t21-,22+,24-,25+/m0/s1. The zero-order chi connectivity index (χ0) is 21.9. The van der Waals surface area contributed by atoms with Crippen LogP contribution in [0.5, 0.6) is 17.2 Å². The molecular formula is C25H34O5. The lowest BCUT2D eigenvalue weighted by Gasteiger charge is -2.63. The van der Waals surface area contributed by atoms with E-state index >= 15 is 0 Å². The summed E-state index contributed by atoms with van der Waals surface area (Å²) in [6, 6.07) is 3.55. The Morgan fingerprint density at radius 1 is 0.933 bits per heavy atom. The molecule has 0 bridgehead atoms. The smallest absolute Gasteiger partial charge is 0.308 e. The molecule has 0 aromatic heterocycles. The summed E-state index contributed by atoms with van der Waals surface area (Å²) in [4.78, 5) is 23.2. The molecule has 4 rings (SSSR count). The van der Waals surface area contributed by atoms with Crippen molar-refractivity contribution >= 4 is 11.9 Å². The van der Waals surface area contributed by atoms with Crippen molar-refractivity contribution in [2.45, 2.75) is 85.7 Å². The molecule has 3 aliphatic rings. The van der Waals surface area contributed by atoms with Gasteiger partial charge < -0.3 is 14.2 Å². The fraction of sp³-hybridized carbons (Fsp3) is 0.680. The van der Waals surface area contributed by atoms with E-state index in [-0.39, 0.29) is 22.5 Å². The lowest BCUT2D eigenvalue weighted by molar-refractivity contribution is -0.162. The van der Waals surface area contributed by atoms with Gasteiger partial charge in [-0.1, -0.05) is 27.2 Å². The van der Waals surface area contributed by atoms with E-state index < -0.39 is 11.9 Å². The molecule has 0 spiro atoms. The summed E-state index contributed by atoms with van der Waals surface area (Å²) in [6.45, 7) is 12.3. The van der Waals surface area contributed by atoms with Gasteiger partial charge in [-0.05, 0) is 67.4 Å². The third kappa shape index (κ3) is 3.40. The first-order valence-corrected chi connectivity index (χ1v) is 11.2. The molecule has 164 valence electrons. The largest absolute Gasteiger partial charge is 0.487 e. The Balaban J connectivity index is 1.75. The van der Waals surface area contributed by atoms with Crippen molar-refractivity contribution in [3.8, 4) is 17.2 Å². The van der Waals surface area contributed by atoms with E-state index in [9.17, 15) is 9.59 Å². The van der Waals surface area contributed by atoms with Crippen LogP contribution in [0.1, 0.15) is 79.2 Å². The minimum atomic E-state index is -0.458. The van der Waals surface area contributed by atoms with Gasteiger partial charge in [0, 0.05) is 25.8 Å². The summed E-state index contributed by atoms with van der Waals surface area (Å²) in [5, 5.41) is 0. The Morgan fingerprint density at radius 3 is 2.20 bits per heavy atom. The zero-order valence-corrected chi connectivity index (χ0v) is 19.1. The highest BCUT2D eigenvalue weighted by atomic mass is 16.6. The second-order valence-electron chi connectivity index (χ2n) is 10.7. The monoisotopic (exact) mass is 414 g/mol. The molecule has 0 saturated heterocycles. The van der Waals surface area contributed by atoms with Gasteiger partial charge in [-0.2, -0.15) is 0 Å². The molecule has 5 nitrogen and oxygen atoms in total. The number of carbonyl (C=O) groups excluding carboxylic acids is 2. The highest BCUT2D eigenvalue weighted by molar-refractivity contribution is 5.74. The number of fused-ring (bicyclic) bond motifs is 4. The van der Waals surface area contributed by atoms with Crippen LogP contribution in [0.2, 0.25) is 0 Å². The molecule has 1 aliphatic heterocycles. The second-order valence-corrected chi connectivity index (χ2v) is 10.7. The van der Waals surface area contributed by atoms with Crippen LogP contribution in [0, 0.1) is 22.7 Å². The molecule has 30 heavy (non-hydrogen) atoms. The quantitative estimate of drug-likeness (QED) is 0.474. The van der Waals surface area contributed by atoms with E-state index in [0.29, 0.717) is 17.3 Å². The fourth-order valence-electron chi connectivity index (χ4n) is 6.96. The predicted octanol–water partition coefficient (Wildman–Crippen LogP) is 5.47. The van der Waals surface area contributed by atoms with Gasteiger partial charge in [0.2, 0.25) is 0 Å². The molecule has 0 unspecified atom stereocenters. The third-order valence-electron chi connectivity index (χ3n) is 8.14. The van der Waals surface area contributed by atoms with E-state index in [1.807, 2.05) is 6.07 Å². The van der Waals surface area contributed by atoms with Crippen LogP contribution in [-0.4, -0.2) is 17.5 Å². The topological polar surface area (TPSA) is 61.8 Å². The highest BCUT2D eigenvalue weighted by Gasteiger charge is 2.60. The summed E-state index contributed by atoms with van der Waals surface area (Å²) in [6.07, 6.45) is 6.84. The molecule has 0 amide bonds. The first-order valence-electron chi connectivity index (χ1n) is 11.2. The number of ether oxygens (including phenoxy) is 3. The molecule has 1 aromatic rings. The first kappa shape index (κ1) is 21.2. The molecule has 0 radical (unpaired) electrons. The number of hydrogen-bond donors (Lipinski definition) is 0. The summed E-state index contributed by atoms with van der Waals surface area (Å²) in [7, 11) is 0.